The fourth-order valence-corrected chi connectivity index (χ4v) is 2.98. The minimum atomic E-state index is -0.107. The molecule has 0 bridgehead atoms. The van der Waals surface area contributed by atoms with Crippen LogP contribution in [0.4, 0.5) is 0 Å². The number of aromatic nitrogens is 3. The highest BCUT2D eigenvalue weighted by Gasteiger charge is 2.09. The molecular formula is C17H18N4OS. The van der Waals surface area contributed by atoms with Crippen molar-refractivity contribution in [2.45, 2.75) is 25.3 Å². The van der Waals surface area contributed by atoms with Crippen molar-refractivity contribution in [2.75, 3.05) is 6.26 Å². The van der Waals surface area contributed by atoms with E-state index in [0.29, 0.717) is 23.6 Å². The Morgan fingerprint density at radius 3 is 2.83 bits per heavy atom. The van der Waals surface area contributed by atoms with Gasteiger partial charge in [-0.1, -0.05) is 6.07 Å². The number of aryl methyl sites for hydroxylation is 2. The fraction of sp³-hybridized carbons (Fsp3) is 0.235. The Labute approximate surface area is 138 Å². The lowest BCUT2D eigenvalue weighted by Crippen LogP contribution is -2.23. The monoisotopic (exact) mass is 326 g/mol. The molecule has 0 saturated heterocycles. The van der Waals surface area contributed by atoms with Gasteiger partial charge in [0, 0.05) is 16.2 Å². The van der Waals surface area contributed by atoms with Gasteiger partial charge in [-0.2, -0.15) is 0 Å². The smallest absolute Gasteiger partial charge is 0.251 e. The number of H-pyrrole nitrogens is 1. The van der Waals surface area contributed by atoms with Crippen LogP contribution in [0.15, 0.2) is 35.2 Å². The third-order valence-electron chi connectivity index (χ3n) is 3.62. The van der Waals surface area contributed by atoms with Gasteiger partial charge in [-0.15, -0.1) is 11.8 Å². The normalized spacial score (nSPS) is 10.9. The van der Waals surface area contributed by atoms with E-state index in [9.17, 15) is 4.79 Å². The summed E-state index contributed by atoms with van der Waals surface area (Å²) < 4.78 is 0. The Kier molecular flexibility index (Phi) is 4.34. The molecule has 0 aliphatic carbocycles. The van der Waals surface area contributed by atoms with Gasteiger partial charge in [0.25, 0.3) is 5.91 Å². The van der Waals surface area contributed by atoms with Crippen molar-refractivity contribution in [2.24, 2.45) is 0 Å². The van der Waals surface area contributed by atoms with E-state index in [-0.39, 0.29) is 5.91 Å². The van der Waals surface area contributed by atoms with Crippen molar-refractivity contribution >= 4 is 28.8 Å². The maximum atomic E-state index is 12.3. The molecule has 0 atom stereocenters. The molecule has 0 spiro atoms. The summed E-state index contributed by atoms with van der Waals surface area (Å²) in [6.07, 6.45) is 2.01. The summed E-state index contributed by atoms with van der Waals surface area (Å²) in [4.78, 5) is 25.3. The Bertz CT molecular complexity index is 872. The number of benzene rings is 1. The third kappa shape index (κ3) is 3.37. The summed E-state index contributed by atoms with van der Waals surface area (Å²) in [6.45, 7) is 4.31. The fourth-order valence-electron chi connectivity index (χ4n) is 2.35. The van der Waals surface area contributed by atoms with Gasteiger partial charge in [-0.3, -0.25) is 4.79 Å². The number of hydrogen-bond donors (Lipinski definition) is 2. The number of amides is 1. The largest absolute Gasteiger partial charge is 0.345 e. The zero-order chi connectivity index (χ0) is 16.4. The van der Waals surface area contributed by atoms with E-state index in [1.54, 1.807) is 11.8 Å². The van der Waals surface area contributed by atoms with E-state index in [1.165, 1.54) is 5.56 Å². The van der Waals surface area contributed by atoms with Gasteiger partial charge in [-0.05, 0) is 49.9 Å². The zero-order valence-corrected chi connectivity index (χ0v) is 14.1. The summed E-state index contributed by atoms with van der Waals surface area (Å²) in [7, 11) is 0. The van der Waals surface area contributed by atoms with Crippen LogP contribution in [0.5, 0.6) is 0 Å². The van der Waals surface area contributed by atoms with Crippen LogP contribution in [-0.4, -0.2) is 27.1 Å². The van der Waals surface area contributed by atoms with Gasteiger partial charge < -0.3 is 10.3 Å². The molecule has 6 heteroatoms. The first-order valence-electron chi connectivity index (χ1n) is 7.32. The highest BCUT2D eigenvalue weighted by atomic mass is 32.2. The highest BCUT2D eigenvalue weighted by molar-refractivity contribution is 7.98. The predicted octanol–water partition coefficient (Wildman–Crippen LogP) is 3.23. The second kappa shape index (κ2) is 6.42. The molecule has 23 heavy (non-hydrogen) atoms. The minimum Gasteiger partial charge on any atom is -0.345 e. The van der Waals surface area contributed by atoms with Gasteiger partial charge in [0.05, 0.1) is 12.1 Å². The molecule has 3 aromatic rings. The van der Waals surface area contributed by atoms with Crippen molar-refractivity contribution < 1.29 is 4.79 Å². The Hall–Kier alpha value is -2.34. The van der Waals surface area contributed by atoms with Crippen LogP contribution in [-0.2, 0) is 6.54 Å². The molecule has 1 amide bonds. The lowest BCUT2D eigenvalue weighted by molar-refractivity contribution is 0.0949. The first-order valence-corrected chi connectivity index (χ1v) is 8.54. The van der Waals surface area contributed by atoms with Gasteiger partial charge in [0.1, 0.15) is 5.82 Å². The standard InChI is InChI=1S/C17H18N4OS/c1-10-4-6-12(8-14(10)23-3)17(22)18-9-15-20-13-7-5-11(2)19-16(13)21-15/h4-8H,9H2,1-3H3,(H,18,22)(H,19,20,21). The Morgan fingerprint density at radius 1 is 1.22 bits per heavy atom. The van der Waals surface area contributed by atoms with E-state index in [0.717, 1.165) is 16.1 Å². The number of pyridine rings is 1. The second-order valence-corrected chi connectivity index (χ2v) is 6.22. The molecule has 5 nitrogen and oxygen atoms in total. The van der Waals surface area contributed by atoms with Crippen LogP contribution in [0.3, 0.4) is 0 Å². The molecular weight excluding hydrogens is 308 g/mol. The Balaban J connectivity index is 1.72. The van der Waals surface area contributed by atoms with Crippen LogP contribution < -0.4 is 5.32 Å². The molecule has 0 saturated carbocycles. The number of nitrogens with zero attached hydrogens (tertiary/aromatic N) is 2. The molecule has 0 aliphatic heterocycles. The van der Waals surface area contributed by atoms with Crippen molar-refractivity contribution in [3.63, 3.8) is 0 Å². The topological polar surface area (TPSA) is 70.7 Å². The van der Waals surface area contributed by atoms with Gasteiger partial charge in [0.15, 0.2) is 5.65 Å². The van der Waals surface area contributed by atoms with E-state index >= 15 is 0 Å². The molecule has 0 unspecified atom stereocenters. The number of thioether (sulfide) groups is 1. The SMILES string of the molecule is CSc1cc(C(=O)NCc2nc3nc(C)ccc3[nH]2)ccc1C. The highest BCUT2D eigenvalue weighted by Crippen LogP contribution is 2.21. The number of carbonyl (C=O) groups excluding carboxylic acids is 1. The molecule has 2 aromatic heterocycles. The number of hydrogen-bond acceptors (Lipinski definition) is 4. The first kappa shape index (κ1) is 15.6. The van der Waals surface area contributed by atoms with Crippen molar-refractivity contribution in [3.05, 3.63) is 53.0 Å². The van der Waals surface area contributed by atoms with Gasteiger partial charge in [-0.25, -0.2) is 9.97 Å². The first-order chi connectivity index (χ1) is 11.1. The van der Waals surface area contributed by atoms with E-state index < -0.39 is 0 Å². The molecule has 0 fully saturated rings. The van der Waals surface area contributed by atoms with Crippen LogP contribution >= 0.6 is 11.8 Å². The van der Waals surface area contributed by atoms with Crippen molar-refractivity contribution in [3.8, 4) is 0 Å². The maximum Gasteiger partial charge on any atom is 0.251 e. The van der Waals surface area contributed by atoms with Crippen LogP contribution in [0, 0.1) is 13.8 Å². The van der Waals surface area contributed by atoms with E-state index in [1.807, 2.05) is 50.4 Å². The van der Waals surface area contributed by atoms with Crippen molar-refractivity contribution in [1.82, 2.24) is 20.3 Å². The number of nitrogens with one attached hydrogen (secondary N) is 2. The summed E-state index contributed by atoms with van der Waals surface area (Å²) in [5.74, 6) is 0.591. The molecule has 3 rings (SSSR count). The summed E-state index contributed by atoms with van der Waals surface area (Å²) in [6, 6.07) is 9.60. The number of aromatic amines is 1. The average Bonchev–Trinajstić information content (AvgIpc) is 2.95. The molecule has 118 valence electrons. The summed E-state index contributed by atoms with van der Waals surface area (Å²) >= 11 is 1.64. The summed E-state index contributed by atoms with van der Waals surface area (Å²) in [5.41, 5.74) is 4.30. The maximum absolute atomic E-state index is 12.3. The lowest BCUT2D eigenvalue weighted by Gasteiger charge is -2.07. The zero-order valence-electron chi connectivity index (χ0n) is 13.3. The number of carbonyl (C=O) groups is 1. The molecule has 1 aromatic carbocycles. The van der Waals surface area contributed by atoms with Crippen LogP contribution in [0.25, 0.3) is 11.2 Å². The number of rotatable bonds is 4. The lowest BCUT2D eigenvalue weighted by atomic mass is 10.1. The van der Waals surface area contributed by atoms with Crippen molar-refractivity contribution in [1.29, 1.82) is 0 Å². The molecule has 2 N–H and O–H groups in total. The van der Waals surface area contributed by atoms with Gasteiger partial charge >= 0.3 is 0 Å². The van der Waals surface area contributed by atoms with Crippen LogP contribution in [0.2, 0.25) is 0 Å². The molecule has 0 aliphatic rings. The minimum absolute atomic E-state index is 0.107. The number of fused-ring (bicyclic) bond motifs is 1. The third-order valence-corrected chi connectivity index (χ3v) is 4.50. The second-order valence-electron chi connectivity index (χ2n) is 5.37. The quantitative estimate of drug-likeness (QED) is 0.722. The molecule has 2 heterocycles. The van der Waals surface area contributed by atoms with Gasteiger partial charge in [0.2, 0.25) is 0 Å². The molecule has 0 radical (unpaired) electrons. The number of imidazole rings is 1. The van der Waals surface area contributed by atoms with E-state index in [4.69, 9.17) is 0 Å². The predicted molar refractivity (Wildman–Crippen MR) is 92.8 cm³/mol. The summed E-state index contributed by atoms with van der Waals surface area (Å²) in [5, 5.41) is 2.89. The average molecular weight is 326 g/mol. The van der Waals surface area contributed by atoms with Crippen LogP contribution in [0.1, 0.15) is 27.4 Å². The Morgan fingerprint density at radius 2 is 2.04 bits per heavy atom. The van der Waals surface area contributed by atoms with E-state index in [2.05, 4.69) is 20.3 Å².